The van der Waals surface area contributed by atoms with Gasteiger partial charge in [0.1, 0.15) is 0 Å². The highest BCUT2D eigenvalue weighted by Crippen LogP contribution is 2.24. The molecule has 2 rings (SSSR count). The van der Waals surface area contributed by atoms with Gasteiger partial charge in [0.2, 0.25) is 5.91 Å². The number of nitrogens with two attached hydrogens (primary N) is 1. The van der Waals surface area contributed by atoms with Crippen LogP contribution in [-0.2, 0) is 11.3 Å². The summed E-state index contributed by atoms with van der Waals surface area (Å²) in [4.78, 5) is 31.0. The van der Waals surface area contributed by atoms with E-state index in [9.17, 15) is 9.59 Å². The zero-order valence-electron chi connectivity index (χ0n) is 13.6. The number of carbonyl (C=O) groups excluding carboxylic acids is 2. The van der Waals surface area contributed by atoms with Crippen molar-refractivity contribution in [1.29, 1.82) is 0 Å². The number of likely N-dealkylation sites (tertiary alicyclic amines) is 1. The van der Waals surface area contributed by atoms with E-state index in [0.717, 1.165) is 12.8 Å². The van der Waals surface area contributed by atoms with Gasteiger partial charge in [-0.2, -0.15) is 0 Å². The molecule has 1 unspecified atom stereocenters. The molecule has 0 bridgehead atoms. The van der Waals surface area contributed by atoms with Gasteiger partial charge in [0.15, 0.2) is 0 Å². The highest BCUT2D eigenvalue weighted by atomic mass is 16.2. The normalized spacial score (nSPS) is 16.5. The molecule has 2 amide bonds. The van der Waals surface area contributed by atoms with Crippen molar-refractivity contribution in [1.82, 2.24) is 4.90 Å². The maximum Gasteiger partial charge on any atom is 0.253 e. The summed E-state index contributed by atoms with van der Waals surface area (Å²) in [6, 6.07) is 4.68. The second-order valence-electron chi connectivity index (χ2n) is 5.90. The monoisotopic (exact) mass is 342 g/mol. The number of carbonyl (C=O) groups is 2. The molecule has 1 heterocycles. The average Bonchev–Trinajstić information content (AvgIpc) is 2.59. The minimum absolute atomic E-state index is 0.0515. The molecular formula is C15H18N8O2. The lowest BCUT2D eigenvalue weighted by Crippen LogP contribution is -2.41. The lowest BCUT2D eigenvalue weighted by Gasteiger charge is -2.32. The van der Waals surface area contributed by atoms with Crippen LogP contribution in [0.4, 0.5) is 5.69 Å². The molecule has 10 nitrogen and oxygen atoms in total. The van der Waals surface area contributed by atoms with E-state index >= 15 is 0 Å². The zero-order valence-corrected chi connectivity index (χ0v) is 13.6. The van der Waals surface area contributed by atoms with Crippen LogP contribution in [0.5, 0.6) is 0 Å². The highest BCUT2D eigenvalue weighted by Gasteiger charge is 2.25. The highest BCUT2D eigenvalue weighted by molar-refractivity contribution is 5.95. The van der Waals surface area contributed by atoms with Crippen LogP contribution in [0, 0.1) is 5.92 Å². The molecule has 10 heteroatoms. The number of rotatable bonds is 6. The van der Waals surface area contributed by atoms with E-state index < -0.39 is 0 Å². The molecule has 1 saturated heterocycles. The van der Waals surface area contributed by atoms with Crippen molar-refractivity contribution < 1.29 is 9.59 Å². The fraction of sp³-hybridized carbons (Fsp3) is 0.467. The van der Waals surface area contributed by atoms with Crippen molar-refractivity contribution in [2.75, 3.05) is 13.1 Å². The van der Waals surface area contributed by atoms with E-state index in [-0.39, 0.29) is 36.4 Å². The van der Waals surface area contributed by atoms with Crippen LogP contribution in [0.15, 0.2) is 28.4 Å². The number of primary amides is 1. The van der Waals surface area contributed by atoms with Gasteiger partial charge >= 0.3 is 0 Å². The SMILES string of the molecule is [N-]=[N+]=NCc1cc(N=[N+]=[N-])cc(C(=O)N2CCCC(CC(N)=O)C2)c1. The van der Waals surface area contributed by atoms with Crippen LogP contribution in [0.1, 0.15) is 35.2 Å². The first-order valence-electron chi connectivity index (χ1n) is 7.81. The van der Waals surface area contributed by atoms with Crippen molar-refractivity contribution in [3.05, 3.63) is 50.2 Å². The predicted molar refractivity (Wildman–Crippen MR) is 90.5 cm³/mol. The molecule has 0 aliphatic carbocycles. The Morgan fingerprint density at radius 2 is 2.08 bits per heavy atom. The molecule has 0 saturated carbocycles. The number of nitrogens with zero attached hydrogens (tertiary/aromatic N) is 7. The number of benzene rings is 1. The van der Waals surface area contributed by atoms with Crippen molar-refractivity contribution >= 4 is 17.5 Å². The third-order valence-electron chi connectivity index (χ3n) is 4.00. The fourth-order valence-corrected chi connectivity index (χ4v) is 2.99. The summed E-state index contributed by atoms with van der Waals surface area (Å²) in [6.07, 6.45) is 1.91. The van der Waals surface area contributed by atoms with Gasteiger partial charge in [0.05, 0.1) is 6.54 Å². The topological polar surface area (TPSA) is 161 Å². The molecule has 2 N–H and O–H groups in total. The summed E-state index contributed by atoms with van der Waals surface area (Å²) in [6.45, 7) is 1.10. The molecular weight excluding hydrogens is 324 g/mol. The second-order valence-corrected chi connectivity index (χ2v) is 5.90. The lowest BCUT2D eigenvalue weighted by atomic mass is 9.94. The fourth-order valence-electron chi connectivity index (χ4n) is 2.99. The third kappa shape index (κ3) is 5.13. The Morgan fingerprint density at radius 3 is 2.76 bits per heavy atom. The first-order chi connectivity index (χ1) is 12.0. The van der Waals surface area contributed by atoms with E-state index in [1.54, 1.807) is 17.0 Å². The lowest BCUT2D eigenvalue weighted by molar-refractivity contribution is -0.119. The largest absolute Gasteiger partial charge is 0.370 e. The summed E-state index contributed by atoms with van der Waals surface area (Å²) in [5, 5.41) is 7.00. The zero-order chi connectivity index (χ0) is 18.2. The van der Waals surface area contributed by atoms with Gasteiger partial charge in [-0.25, -0.2) is 0 Å². The molecule has 1 atom stereocenters. The predicted octanol–water partition coefficient (Wildman–Crippen LogP) is 3.17. The van der Waals surface area contributed by atoms with Crippen LogP contribution in [-0.4, -0.2) is 29.8 Å². The minimum Gasteiger partial charge on any atom is -0.370 e. The summed E-state index contributed by atoms with van der Waals surface area (Å²) in [5.74, 6) is -0.536. The minimum atomic E-state index is -0.374. The van der Waals surface area contributed by atoms with Crippen LogP contribution in [0.2, 0.25) is 0 Å². The Labute approximate surface area is 143 Å². The quantitative estimate of drug-likeness (QED) is 0.477. The van der Waals surface area contributed by atoms with Gasteiger partial charge in [-0.1, -0.05) is 10.2 Å². The molecule has 1 aromatic carbocycles. The van der Waals surface area contributed by atoms with Crippen molar-refractivity contribution in [2.24, 2.45) is 21.9 Å². The van der Waals surface area contributed by atoms with E-state index in [1.807, 2.05) is 0 Å². The molecule has 1 fully saturated rings. The van der Waals surface area contributed by atoms with Crippen molar-refractivity contribution in [2.45, 2.75) is 25.8 Å². The summed E-state index contributed by atoms with van der Waals surface area (Å²) < 4.78 is 0. The van der Waals surface area contributed by atoms with E-state index in [2.05, 4.69) is 20.1 Å². The van der Waals surface area contributed by atoms with Gasteiger partial charge in [0.25, 0.3) is 5.91 Å². The maximum atomic E-state index is 12.8. The van der Waals surface area contributed by atoms with Gasteiger partial charge < -0.3 is 10.6 Å². The Balaban J connectivity index is 2.24. The van der Waals surface area contributed by atoms with E-state index in [0.29, 0.717) is 24.2 Å². The third-order valence-corrected chi connectivity index (χ3v) is 4.00. The molecule has 25 heavy (non-hydrogen) atoms. The van der Waals surface area contributed by atoms with Crippen LogP contribution in [0.3, 0.4) is 0 Å². The van der Waals surface area contributed by atoms with Gasteiger partial charge in [0, 0.05) is 40.6 Å². The van der Waals surface area contributed by atoms with E-state index in [4.69, 9.17) is 16.8 Å². The number of piperidine rings is 1. The molecule has 0 aromatic heterocycles. The Kier molecular flexibility index (Phi) is 6.22. The van der Waals surface area contributed by atoms with Crippen LogP contribution >= 0.6 is 0 Å². The summed E-state index contributed by atoms with van der Waals surface area (Å²) >= 11 is 0. The number of hydrogen-bond acceptors (Lipinski definition) is 4. The molecule has 1 aromatic rings. The Bertz CT molecular complexity index is 765. The molecule has 1 aliphatic rings. The van der Waals surface area contributed by atoms with Crippen molar-refractivity contribution in [3.8, 4) is 0 Å². The molecule has 1 aliphatic heterocycles. The molecule has 130 valence electrons. The summed E-state index contributed by atoms with van der Waals surface area (Å²) in [7, 11) is 0. The number of azide groups is 2. The van der Waals surface area contributed by atoms with Gasteiger partial charge in [-0.3, -0.25) is 9.59 Å². The maximum absolute atomic E-state index is 12.8. The van der Waals surface area contributed by atoms with Crippen molar-refractivity contribution in [3.63, 3.8) is 0 Å². The Hall–Kier alpha value is -3.22. The number of amides is 2. The summed E-state index contributed by atoms with van der Waals surface area (Å²) in [5.41, 5.74) is 23.5. The van der Waals surface area contributed by atoms with Gasteiger partial charge in [-0.15, -0.1) is 0 Å². The van der Waals surface area contributed by atoms with Crippen LogP contribution < -0.4 is 5.73 Å². The number of hydrogen-bond donors (Lipinski definition) is 1. The smallest absolute Gasteiger partial charge is 0.253 e. The Morgan fingerprint density at radius 1 is 1.28 bits per heavy atom. The van der Waals surface area contributed by atoms with Gasteiger partial charge in [-0.05, 0) is 53.6 Å². The second kappa shape index (κ2) is 8.58. The van der Waals surface area contributed by atoms with Crippen LogP contribution in [0.25, 0.3) is 20.9 Å². The van der Waals surface area contributed by atoms with E-state index in [1.165, 1.54) is 6.07 Å². The molecule has 0 radical (unpaired) electrons. The molecule has 0 spiro atoms. The average molecular weight is 342 g/mol. The standard InChI is InChI=1S/C15H18N8O2/c16-14(24)6-10-2-1-3-23(9-10)15(25)12-4-11(8-19-21-17)5-13(7-12)20-22-18/h4-5,7,10H,1-3,6,8-9H2,(H2,16,24). The first kappa shape index (κ1) is 18.1. The first-order valence-corrected chi connectivity index (χ1v) is 7.81.